The van der Waals surface area contributed by atoms with E-state index in [2.05, 4.69) is 26.3 Å². The molecule has 1 amide bonds. The number of rotatable bonds is 7. The van der Waals surface area contributed by atoms with E-state index in [4.69, 9.17) is 4.74 Å². The SMILES string of the molecule is COc1cc([N+](=O)[O-])c(C(=O)Nc2ccnn2Cc2ccccc2Br)cc1SC. The van der Waals surface area contributed by atoms with Crippen molar-refractivity contribution >= 4 is 45.1 Å². The fourth-order valence-corrected chi connectivity index (χ4v) is 3.73. The second kappa shape index (κ2) is 9.10. The van der Waals surface area contributed by atoms with Crippen molar-refractivity contribution in [3.63, 3.8) is 0 Å². The van der Waals surface area contributed by atoms with Crippen LogP contribution in [-0.4, -0.2) is 34.0 Å². The van der Waals surface area contributed by atoms with Gasteiger partial charge in [0, 0.05) is 10.5 Å². The van der Waals surface area contributed by atoms with Gasteiger partial charge in [0.1, 0.15) is 17.1 Å². The van der Waals surface area contributed by atoms with Gasteiger partial charge >= 0.3 is 0 Å². The topological polar surface area (TPSA) is 99.3 Å². The second-order valence-corrected chi connectivity index (χ2v) is 7.60. The molecule has 2 aromatic carbocycles. The summed E-state index contributed by atoms with van der Waals surface area (Å²) in [5.41, 5.74) is 0.606. The Labute approximate surface area is 179 Å². The van der Waals surface area contributed by atoms with Crippen LogP contribution in [0.25, 0.3) is 0 Å². The van der Waals surface area contributed by atoms with E-state index in [0.717, 1.165) is 10.0 Å². The number of nitrogens with zero attached hydrogens (tertiary/aromatic N) is 3. The zero-order valence-corrected chi connectivity index (χ0v) is 18.0. The number of nitro benzene ring substituents is 1. The fourth-order valence-electron chi connectivity index (χ4n) is 2.74. The minimum atomic E-state index is -0.597. The summed E-state index contributed by atoms with van der Waals surface area (Å²) in [6.45, 7) is 0.421. The van der Waals surface area contributed by atoms with Crippen molar-refractivity contribution in [1.29, 1.82) is 0 Å². The van der Waals surface area contributed by atoms with Crippen LogP contribution in [-0.2, 0) is 6.54 Å². The Hall–Kier alpha value is -2.85. The summed E-state index contributed by atoms with van der Waals surface area (Å²) >= 11 is 4.83. The van der Waals surface area contributed by atoms with Crippen LogP contribution in [0.2, 0.25) is 0 Å². The van der Waals surface area contributed by atoms with Crippen molar-refractivity contribution in [2.75, 3.05) is 18.7 Å². The maximum absolute atomic E-state index is 12.9. The summed E-state index contributed by atoms with van der Waals surface area (Å²) in [6, 6.07) is 12.0. The first-order valence-corrected chi connectivity index (χ1v) is 10.4. The summed E-state index contributed by atoms with van der Waals surface area (Å²) < 4.78 is 7.72. The minimum Gasteiger partial charge on any atom is -0.495 e. The zero-order chi connectivity index (χ0) is 21.0. The van der Waals surface area contributed by atoms with Gasteiger partial charge in [0.25, 0.3) is 11.6 Å². The summed E-state index contributed by atoms with van der Waals surface area (Å²) in [7, 11) is 1.43. The third-order valence-electron chi connectivity index (χ3n) is 4.18. The first-order valence-electron chi connectivity index (χ1n) is 8.41. The third-order valence-corrected chi connectivity index (χ3v) is 5.71. The Morgan fingerprint density at radius 3 is 2.76 bits per heavy atom. The number of carbonyl (C=O) groups excluding carboxylic acids is 1. The fraction of sp³-hybridized carbons (Fsp3) is 0.158. The quantitative estimate of drug-likeness (QED) is 0.304. The first kappa shape index (κ1) is 20.9. The molecular formula is C19H17BrN4O4S. The Balaban J connectivity index is 1.91. The van der Waals surface area contributed by atoms with Crippen LogP contribution < -0.4 is 10.1 Å². The highest BCUT2D eigenvalue weighted by Crippen LogP contribution is 2.34. The molecular weight excluding hydrogens is 460 g/mol. The molecule has 0 saturated heterocycles. The van der Waals surface area contributed by atoms with Crippen LogP contribution in [0.15, 0.2) is 58.0 Å². The van der Waals surface area contributed by atoms with Gasteiger partial charge in [-0.3, -0.25) is 14.9 Å². The molecule has 0 spiro atoms. The molecule has 1 heterocycles. The molecule has 29 heavy (non-hydrogen) atoms. The van der Waals surface area contributed by atoms with Gasteiger partial charge in [0.05, 0.1) is 35.7 Å². The third kappa shape index (κ3) is 4.60. The molecule has 8 nitrogen and oxygen atoms in total. The number of halogens is 1. The number of hydrogen-bond acceptors (Lipinski definition) is 6. The number of carbonyl (C=O) groups is 1. The monoisotopic (exact) mass is 476 g/mol. The molecule has 10 heteroatoms. The molecule has 0 aliphatic rings. The molecule has 3 aromatic rings. The highest BCUT2D eigenvalue weighted by atomic mass is 79.9. The lowest BCUT2D eigenvalue weighted by atomic mass is 10.1. The average Bonchev–Trinajstić information content (AvgIpc) is 3.14. The van der Waals surface area contributed by atoms with E-state index >= 15 is 0 Å². The highest BCUT2D eigenvalue weighted by molar-refractivity contribution is 9.10. The first-order chi connectivity index (χ1) is 13.9. The van der Waals surface area contributed by atoms with Crippen LogP contribution in [0.3, 0.4) is 0 Å². The van der Waals surface area contributed by atoms with Gasteiger partial charge in [-0.15, -0.1) is 11.8 Å². The molecule has 0 saturated carbocycles. The lowest BCUT2D eigenvalue weighted by molar-refractivity contribution is -0.385. The Bertz CT molecular complexity index is 1070. The molecule has 0 unspecified atom stereocenters. The van der Waals surface area contributed by atoms with Gasteiger partial charge in [-0.25, -0.2) is 4.68 Å². The number of nitrogens with one attached hydrogen (secondary N) is 1. The summed E-state index contributed by atoms with van der Waals surface area (Å²) in [4.78, 5) is 24.4. The van der Waals surface area contributed by atoms with Crippen molar-refractivity contribution in [1.82, 2.24) is 9.78 Å². The molecule has 3 rings (SSSR count). The van der Waals surface area contributed by atoms with Gasteiger partial charge in [0.2, 0.25) is 0 Å². The smallest absolute Gasteiger partial charge is 0.285 e. The predicted molar refractivity (Wildman–Crippen MR) is 115 cm³/mol. The number of ether oxygens (including phenoxy) is 1. The van der Waals surface area contributed by atoms with Crippen molar-refractivity contribution in [2.45, 2.75) is 11.4 Å². The van der Waals surface area contributed by atoms with Crippen LogP contribution >= 0.6 is 27.7 Å². The molecule has 0 fully saturated rings. The lowest BCUT2D eigenvalue weighted by Gasteiger charge is -2.12. The zero-order valence-electron chi connectivity index (χ0n) is 15.6. The molecule has 1 aromatic heterocycles. The molecule has 0 radical (unpaired) electrons. The van der Waals surface area contributed by atoms with Gasteiger partial charge in [-0.05, 0) is 24.0 Å². The highest BCUT2D eigenvalue weighted by Gasteiger charge is 2.24. The number of amides is 1. The van der Waals surface area contributed by atoms with Crippen molar-refractivity contribution < 1.29 is 14.5 Å². The Morgan fingerprint density at radius 1 is 1.34 bits per heavy atom. The van der Waals surface area contributed by atoms with Gasteiger partial charge in [0.15, 0.2) is 0 Å². The van der Waals surface area contributed by atoms with Crippen molar-refractivity contribution in [3.8, 4) is 5.75 Å². The summed E-state index contributed by atoms with van der Waals surface area (Å²) in [5.74, 6) is 0.185. The van der Waals surface area contributed by atoms with Crippen molar-refractivity contribution in [2.24, 2.45) is 0 Å². The molecule has 1 N–H and O–H groups in total. The lowest BCUT2D eigenvalue weighted by Crippen LogP contribution is -2.18. The normalized spacial score (nSPS) is 10.6. The largest absolute Gasteiger partial charge is 0.495 e. The van der Waals surface area contributed by atoms with E-state index in [9.17, 15) is 14.9 Å². The molecule has 0 bridgehead atoms. The maximum Gasteiger partial charge on any atom is 0.285 e. The second-order valence-electron chi connectivity index (χ2n) is 5.90. The van der Waals surface area contributed by atoms with Gasteiger partial charge < -0.3 is 10.1 Å². The standard InChI is InChI=1S/C19H17BrN4O4S/c1-28-16-10-15(24(26)27)13(9-17(16)29-2)19(25)22-18-7-8-21-23(18)11-12-5-3-4-6-14(12)20/h3-10H,11H2,1-2H3,(H,22,25). The predicted octanol–water partition coefficient (Wildman–Crippen LogP) is 4.58. The minimum absolute atomic E-state index is 0.0474. The maximum atomic E-state index is 12.9. The number of benzene rings is 2. The molecule has 0 aliphatic heterocycles. The summed E-state index contributed by atoms with van der Waals surface area (Å²) in [5, 5.41) is 18.4. The number of aromatic nitrogens is 2. The van der Waals surface area contributed by atoms with E-state index in [0.29, 0.717) is 23.0 Å². The van der Waals surface area contributed by atoms with Gasteiger partial charge in [-0.1, -0.05) is 34.1 Å². The number of hydrogen-bond donors (Lipinski definition) is 1. The molecule has 150 valence electrons. The van der Waals surface area contributed by atoms with E-state index in [-0.39, 0.29) is 11.3 Å². The Morgan fingerprint density at radius 2 is 2.10 bits per heavy atom. The van der Waals surface area contributed by atoms with Crippen molar-refractivity contribution in [3.05, 3.63) is 74.4 Å². The van der Waals surface area contributed by atoms with E-state index in [1.165, 1.54) is 31.0 Å². The van der Waals surface area contributed by atoms with Crippen LogP contribution in [0, 0.1) is 10.1 Å². The Kier molecular flexibility index (Phi) is 6.55. The van der Waals surface area contributed by atoms with E-state index in [1.54, 1.807) is 23.2 Å². The van der Waals surface area contributed by atoms with E-state index in [1.807, 2.05) is 24.3 Å². The van der Waals surface area contributed by atoms with Gasteiger partial charge in [-0.2, -0.15) is 5.10 Å². The number of methoxy groups -OCH3 is 1. The van der Waals surface area contributed by atoms with Crippen LogP contribution in [0.5, 0.6) is 5.75 Å². The average molecular weight is 477 g/mol. The van der Waals surface area contributed by atoms with Crippen LogP contribution in [0.1, 0.15) is 15.9 Å². The number of thioether (sulfide) groups is 1. The number of anilines is 1. The summed E-state index contributed by atoms with van der Waals surface area (Å²) in [6.07, 6.45) is 3.36. The molecule has 0 atom stereocenters. The van der Waals surface area contributed by atoms with Crippen LogP contribution in [0.4, 0.5) is 11.5 Å². The van der Waals surface area contributed by atoms with E-state index < -0.39 is 10.8 Å². The molecule has 0 aliphatic carbocycles. The number of nitro groups is 1.